The van der Waals surface area contributed by atoms with E-state index in [1.165, 1.54) is 7.11 Å². The first kappa shape index (κ1) is 16.5. The van der Waals surface area contributed by atoms with E-state index in [2.05, 4.69) is 6.58 Å². The molecule has 0 radical (unpaired) electrons. The van der Waals surface area contributed by atoms with Crippen molar-refractivity contribution >= 4 is 0 Å². The predicted octanol–water partition coefficient (Wildman–Crippen LogP) is 1.21. The number of methoxy groups -OCH3 is 2. The minimum atomic E-state index is -0.988. The standard InChI is InChI=1S/C15H22O5/c1-4-5-11-13(19-2)6-7-14(20-3)15(11)12(18)8-10(17)9-16/h4,6-7,10,12,16-18H,1,5,8-9H2,2-3H3. The Morgan fingerprint density at radius 3 is 2.30 bits per heavy atom. The minimum Gasteiger partial charge on any atom is -0.496 e. The number of hydrogen-bond donors (Lipinski definition) is 3. The fraction of sp³-hybridized carbons (Fsp3) is 0.467. The van der Waals surface area contributed by atoms with Crippen LogP contribution >= 0.6 is 0 Å². The van der Waals surface area contributed by atoms with Crippen LogP contribution in [-0.2, 0) is 6.42 Å². The molecule has 1 aromatic carbocycles. The van der Waals surface area contributed by atoms with Gasteiger partial charge in [-0.3, -0.25) is 0 Å². The zero-order valence-electron chi connectivity index (χ0n) is 11.9. The van der Waals surface area contributed by atoms with Crippen LogP contribution in [0.5, 0.6) is 11.5 Å². The molecule has 0 aliphatic heterocycles. The van der Waals surface area contributed by atoms with Gasteiger partial charge in [0.25, 0.3) is 0 Å². The van der Waals surface area contributed by atoms with Crippen LogP contribution in [0.25, 0.3) is 0 Å². The molecule has 0 aliphatic carbocycles. The van der Waals surface area contributed by atoms with Gasteiger partial charge < -0.3 is 24.8 Å². The highest BCUT2D eigenvalue weighted by atomic mass is 16.5. The van der Waals surface area contributed by atoms with Gasteiger partial charge in [-0.2, -0.15) is 0 Å². The van der Waals surface area contributed by atoms with Gasteiger partial charge in [0, 0.05) is 17.5 Å². The summed E-state index contributed by atoms with van der Waals surface area (Å²) in [6.07, 6.45) is 0.275. The zero-order chi connectivity index (χ0) is 15.1. The Hall–Kier alpha value is -1.56. The molecule has 0 fully saturated rings. The molecule has 0 aromatic heterocycles. The Bertz CT molecular complexity index is 444. The largest absolute Gasteiger partial charge is 0.496 e. The third-order valence-corrected chi connectivity index (χ3v) is 3.10. The average molecular weight is 282 g/mol. The molecule has 20 heavy (non-hydrogen) atoms. The topological polar surface area (TPSA) is 79.2 Å². The summed E-state index contributed by atoms with van der Waals surface area (Å²) in [6.45, 7) is 3.29. The van der Waals surface area contributed by atoms with Crippen molar-refractivity contribution in [1.82, 2.24) is 0 Å². The van der Waals surface area contributed by atoms with Crippen LogP contribution in [0.15, 0.2) is 24.8 Å². The molecule has 3 N–H and O–H groups in total. The molecular formula is C15H22O5. The first-order valence-electron chi connectivity index (χ1n) is 6.40. The maximum absolute atomic E-state index is 10.3. The SMILES string of the molecule is C=CCc1c(OC)ccc(OC)c1C(O)CC(O)CO. The van der Waals surface area contributed by atoms with E-state index in [-0.39, 0.29) is 6.42 Å². The number of allylic oxidation sites excluding steroid dienone is 1. The Balaban J connectivity index is 3.27. The summed E-state index contributed by atoms with van der Waals surface area (Å²) in [5.74, 6) is 1.14. The third-order valence-electron chi connectivity index (χ3n) is 3.10. The number of hydrogen-bond acceptors (Lipinski definition) is 5. The van der Waals surface area contributed by atoms with Crippen LogP contribution in [0.3, 0.4) is 0 Å². The quantitative estimate of drug-likeness (QED) is 0.625. The van der Waals surface area contributed by atoms with Gasteiger partial charge in [0.15, 0.2) is 0 Å². The number of aliphatic hydroxyl groups is 3. The van der Waals surface area contributed by atoms with E-state index in [0.29, 0.717) is 23.5 Å². The molecule has 0 aliphatic rings. The van der Waals surface area contributed by atoms with Gasteiger partial charge in [-0.15, -0.1) is 6.58 Å². The van der Waals surface area contributed by atoms with E-state index in [9.17, 15) is 10.2 Å². The molecule has 2 unspecified atom stereocenters. The average Bonchev–Trinajstić information content (AvgIpc) is 2.46. The molecule has 5 nitrogen and oxygen atoms in total. The Labute approximate surface area is 119 Å². The van der Waals surface area contributed by atoms with Gasteiger partial charge in [-0.05, 0) is 18.6 Å². The van der Waals surface area contributed by atoms with Crippen LogP contribution in [0, 0.1) is 0 Å². The number of aliphatic hydroxyl groups excluding tert-OH is 3. The Morgan fingerprint density at radius 2 is 1.80 bits per heavy atom. The lowest BCUT2D eigenvalue weighted by atomic mass is 9.94. The molecule has 0 saturated carbocycles. The van der Waals surface area contributed by atoms with Crippen LogP contribution in [0.1, 0.15) is 23.7 Å². The molecule has 1 aromatic rings. The highest BCUT2D eigenvalue weighted by molar-refractivity contribution is 5.50. The van der Waals surface area contributed by atoms with Crippen molar-refractivity contribution < 1.29 is 24.8 Å². The van der Waals surface area contributed by atoms with Gasteiger partial charge in [0.05, 0.1) is 33.0 Å². The second-order valence-corrected chi connectivity index (χ2v) is 4.44. The van der Waals surface area contributed by atoms with E-state index in [1.54, 1.807) is 25.3 Å². The van der Waals surface area contributed by atoms with Crippen molar-refractivity contribution in [2.75, 3.05) is 20.8 Å². The highest BCUT2D eigenvalue weighted by Gasteiger charge is 2.22. The van der Waals surface area contributed by atoms with Gasteiger partial charge in [-0.25, -0.2) is 0 Å². The van der Waals surface area contributed by atoms with Gasteiger partial charge in [-0.1, -0.05) is 6.08 Å². The molecule has 0 bridgehead atoms. The molecule has 1 rings (SSSR count). The van der Waals surface area contributed by atoms with Crippen molar-refractivity contribution in [3.8, 4) is 11.5 Å². The number of rotatable bonds is 8. The fourth-order valence-corrected chi connectivity index (χ4v) is 2.16. The van der Waals surface area contributed by atoms with E-state index >= 15 is 0 Å². The molecule has 112 valence electrons. The predicted molar refractivity (Wildman–Crippen MR) is 76.1 cm³/mol. The lowest BCUT2D eigenvalue weighted by Gasteiger charge is -2.22. The van der Waals surface area contributed by atoms with E-state index in [4.69, 9.17) is 14.6 Å². The van der Waals surface area contributed by atoms with Gasteiger partial charge in [0.1, 0.15) is 11.5 Å². The second-order valence-electron chi connectivity index (χ2n) is 4.44. The van der Waals surface area contributed by atoms with Crippen molar-refractivity contribution in [1.29, 1.82) is 0 Å². The highest BCUT2D eigenvalue weighted by Crippen LogP contribution is 2.37. The monoisotopic (exact) mass is 282 g/mol. The van der Waals surface area contributed by atoms with Crippen LogP contribution in [-0.4, -0.2) is 42.3 Å². The number of ether oxygens (including phenoxy) is 2. The molecule has 0 amide bonds. The lowest BCUT2D eigenvalue weighted by Crippen LogP contribution is -2.18. The summed E-state index contributed by atoms with van der Waals surface area (Å²) in [4.78, 5) is 0. The summed E-state index contributed by atoms with van der Waals surface area (Å²) < 4.78 is 10.6. The normalized spacial score (nSPS) is 13.7. The summed E-state index contributed by atoms with van der Waals surface area (Å²) in [6, 6.07) is 3.46. The second kappa shape index (κ2) is 7.89. The third kappa shape index (κ3) is 3.72. The summed E-state index contributed by atoms with van der Waals surface area (Å²) in [5.41, 5.74) is 1.32. The van der Waals surface area contributed by atoms with Gasteiger partial charge in [0.2, 0.25) is 0 Å². The minimum absolute atomic E-state index is 0.0180. The Kier molecular flexibility index (Phi) is 6.51. The van der Waals surface area contributed by atoms with Crippen molar-refractivity contribution in [2.45, 2.75) is 25.0 Å². The summed E-state index contributed by atoms with van der Waals surface area (Å²) >= 11 is 0. The van der Waals surface area contributed by atoms with Crippen molar-refractivity contribution in [2.24, 2.45) is 0 Å². The molecule has 2 atom stereocenters. The first-order chi connectivity index (χ1) is 9.58. The molecule has 0 heterocycles. The van der Waals surface area contributed by atoms with E-state index < -0.39 is 18.8 Å². The maximum atomic E-state index is 10.3. The molecule has 0 spiro atoms. The summed E-state index contributed by atoms with van der Waals surface area (Å²) in [7, 11) is 3.06. The van der Waals surface area contributed by atoms with Crippen LogP contribution in [0.2, 0.25) is 0 Å². The van der Waals surface area contributed by atoms with E-state index in [1.807, 2.05) is 0 Å². The van der Waals surface area contributed by atoms with Crippen LogP contribution < -0.4 is 9.47 Å². The lowest BCUT2D eigenvalue weighted by molar-refractivity contribution is 0.0401. The van der Waals surface area contributed by atoms with Gasteiger partial charge >= 0.3 is 0 Å². The first-order valence-corrected chi connectivity index (χ1v) is 6.40. The fourth-order valence-electron chi connectivity index (χ4n) is 2.16. The molecule has 0 saturated heterocycles. The zero-order valence-corrected chi connectivity index (χ0v) is 11.9. The Morgan fingerprint density at radius 1 is 1.20 bits per heavy atom. The number of benzene rings is 1. The molecular weight excluding hydrogens is 260 g/mol. The maximum Gasteiger partial charge on any atom is 0.125 e. The molecule has 5 heteroatoms. The van der Waals surface area contributed by atoms with Crippen LogP contribution in [0.4, 0.5) is 0 Å². The summed E-state index contributed by atoms with van der Waals surface area (Å²) in [5, 5.41) is 28.7. The van der Waals surface area contributed by atoms with E-state index in [0.717, 1.165) is 5.56 Å². The smallest absolute Gasteiger partial charge is 0.125 e. The van der Waals surface area contributed by atoms with Crippen molar-refractivity contribution in [3.05, 3.63) is 35.9 Å². The van der Waals surface area contributed by atoms with Crippen molar-refractivity contribution in [3.63, 3.8) is 0 Å².